The predicted octanol–water partition coefficient (Wildman–Crippen LogP) is 5.25. The number of benzene rings is 1. The van der Waals surface area contributed by atoms with Crippen molar-refractivity contribution in [2.45, 2.75) is 51.7 Å². The Morgan fingerprint density at radius 1 is 1.16 bits per heavy atom. The summed E-state index contributed by atoms with van der Waals surface area (Å²) in [5.41, 5.74) is 3.59. The van der Waals surface area contributed by atoms with Crippen molar-refractivity contribution in [1.29, 1.82) is 0 Å². The van der Waals surface area contributed by atoms with Crippen molar-refractivity contribution in [3.05, 3.63) is 58.9 Å². The summed E-state index contributed by atoms with van der Waals surface area (Å²) in [4.78, 5) is 20.4. The lowest BCUT2D eigenvalue weighted by Crippen LogP contribution is -2.51. The van der Waals surface area contributed by atoms with E-state index in [1.807, 2.05) is 43.7 Å². The molecule has 1 saturated carbocycles. The number of aromatic nitrogens is 5. The molecule has 1 saturated heterocycles. The van der Waals surface area contributed by atoms with E-state index in [2.05, 4.69) is 41.5 Å². The molecule has 4 heterocycles. The van der Waals surface area contributed by atoms with Gasteiger partial charge in [-0.1, -0.05) is 17.7 Å². The average Bonchev–Trinajstić information content (AvgIpc) is 3.50. The van der Waals surface area contributed by atoms with Crippen LogP contribution in [-0.2, 0) is 6.54 Å². The molecule has 2 aliphatic rings. The van der Waals surface area contributed by atoms with E-state index in [0.29, 0.717) is 44.6 Å². The van der Waals surface area contributed by atoms with E-state index < -0.39 is 5.82 Å². The van der Waals surface area contributed by atoms with Gasteiger partial charge in [-0.2, -0.15) is 0 Å². The quantitative estimate of drug-likeness (QED) is 0.359. The topological polar surface area (TPSA) is 83.8 Å². The molecule has 1 aliphatic heterocycles. The van der Waals surface area contributed by atoms with Crippen LogP contribution in [0.5, 0.6) is 0 Å². The third-order valence-corrected chi connectivity index (χ3v) is 7.51. The number of imidazole rings is 1. The minimum Gasteiger partial charge on any atom is -0.326 e. The largest absolute Gasteiger partial charge is 0.326 e. The number of piperazine rings is 1. The Morgan fingerprint density at radius 2 is 2.00 bits per heavy atom. The van der Waals surface area contributed by atoms with Crippen molar-refractivity contribution in [3.8, 4) is 11.3 Å². The van der Waals surface area contributed by atoms with Gasteiger partial charge < -0.3 is 15.2 Å². The first-order chi connectivity index (χ1) is 17.8. The number of fused-ring (bicyclic) bond motifs is 1. The zero-order valence-corrected chi connectivity index (χ0v) is 22.0. The van der Waals surface area contributed by atoms with E-state index in [1.54, 1.807) is 0 Å². The number of aryl methyl sites for hydroxylation is 1. The molecule has 1 aliphatic carbocycles. The van der Waals surface area contributed by atoms with Crippen LogP contribution in [0.3, 0.4) is 0 Å². The van der Waals surface area contributed by atoms with E-state index in [9.17, 15) is 0 Å². The van der Waals surface area contributed by atoms with Gasteiger partial charge in [0.2, 0.25) is 5.95 Å². The number of nitrogens with zero attached hydrogens (tertiary/aromatic N) is 6. The lowest BCUT2D eigenvalue weighted by atomic mass is 10.1. The zero-order valence-electron chi connectivity index (χ0n) is 21.2. The molecule has 3 aromatic heterocycles. The summed E-state index contributed by atoms with van der Waals surface area (Å²) in [6, 6.07) is 7.44. The maximum atomic E-state index is 15.0. The summed E-state index contributed by atoms with van der Waals surface area (Å²) in [7, 11) is 0. The highest BCUT2D eigenvalue weighted by Crippen LogP contribution is 2.38. The summed E-state index contributed by atoms with van der Waals surface area (Å²) in [5, 5.41) is 7.14. The van der Waals surface area contributed by atoms with Crippen LogP contribution in [-0.4, -0.2) is 54.6 Å². The zero-order chi connectivity index (χ0) is 25.7. The van der Waals surface area contributed by atoms with Crippen LogP contribution in [0, 0.1) is 12.7 Å². The SMILES string of the molecule is Cc1nc2c(F)cc(-c3nc(Nc4ccc(CN5CCNC6(CC6)C5)cn4)ncc3Cl)cc2n1C(C)C. The molecule has 0 unspecified atom stereocenters. The standard InChI is InChI=1S/C27H30ClFN8/c1-16(2)37-17(3)33-25-21(29)10-19(11-22(25)37)24-20(28)13-31-26(35-24)34-23-5-4-18(12-30-23)14-36-9-8-32-27(15-36)6-7-27/h4-5,10-13,16,32H,6-9,14-15H2,1-3H3,(H,30,31,34,35). The molecule has 0 radical (unpaired) electrons. The number of pyridine rings is 1. The molecular weight excluding hydrogens is 491 g/mol. The smallest absolute Gasteiger partial charge is 0.228 e. The highest BCUT2D eigenvalue weighted by atomic mass is 35.5. The van der Waals surface area contributed by atoms with Crippen LogP contribution < -0.4 is 10.6 Å². The Balaban J connectivity index is 1.22. The molecule has 4 aromatic rings. The first-order valence-electron chi connectivity index (χ1n) is 12.7. The Bertz CT molecular complexity index is 1460. The van der Waals surface area contributed by atoms with Crippen molar-refractivity contribution in [2.75, 3.05) is 25.0 Å². The second kappa shape index (κ2) is 9.31. The minimum absolute atomic E-state index is 0.133. The van der Waals surface area contributed by atoms with Gasteiger partial charge in [0.1, 0.15) is 17.2 Å². The second-order valence-electron chi connectivity index (χ2n) is 10.4. The van der Waals surface area contributed by atoms with Crippen LogP contribution in [0.25, 0.3) is 22.3 Å². The molecule has 2 fully saturated rings. The number of nitrogens with one attached hydrogen (secondary N) is 2. The van der Waals surface area contributed by atoms with Gasteiger partial charge in [-0.05, 0) is 57.4 Å². The van der Waals surface area contributed by atoms with Gasteiger partial charge in [-0.25, -0.2) is 24.3 Å². The highest BCUT2D eigenvalue weighted by molar-refractivity contribution is 6.33. The molecule has 8 nitrogen and oxygen atoms in total. The third kappa shape index (κ3) is 4.79. The first-order valence-corrected chi connectivity index (χ1v) is 13.1. The maximum Gasteiger partial charge on any atom is 0.228 e. The molecule has 37 heavy (non-hydrogen) atoms. The monoisotopic (exact) mass is 520 g/mol. The molecular formula is C27H30ClFN8. The Hall–Kier alpha value is -3.14. The molecule has 192 valence electrons. The van der Waals surface area contributed by atoms with E-state index in [-0.39, 0.29) is 6.04 Å². The van der Waals surface area contributed by atoms with Crippen molar-refractivity contribution in [3.63, 3.8) is 0 Å². The van der Waals surface area contributed by atoms with Gasteiger partial charge in [-0.15, -0.1) is 0 Å². The summed E-state index contributed by atoms with van der Waals surface area (Å²) < 4.78 is 17.0. The molecule has 2 N–H and O–H groups in total. The Morgan fingerprint density at radius 3 is 2.73 bits per heavy atom. The fourth-order valence-corrected chi connectivity index (χ4v) is 5.51. The van der Waals surface area contributed by atoms with Gasteiger partial charge >= 0.3 is 0 Å². The van der Waals surface area contributed by atoms with Crippen LogP contribution in [0.2, 0.25) is 5.02 Å². The molecule has 1 aromatic carbocycles. The first kappa shape index (κ1) is 24.2. The number of hydrogen-bond donors (Lipinski definition) is 2. The second-order valence-corrected chi connectivity index (χ2v) is 10.8. The average molecular weight is 521 g/mol. The van der Waals surface area contributed by atoms with E-state index in [4.69, 9.17) is 11.6 Å². The lowest BCUT2D eigenvalue weighted by Gasteiger charge is -2.33. The van der Waals surface area contributed by atoms with Crippen molar-refractivity contribution >= 4 is 34.4 Å². The Kier molecular flexibility index (Phi) is 6.09. The molecule has 6 rings (SSSR count). The van der Waals surface area contributed by atoms with E-state index >= 15 is 4.39 Å². The van der Waals surface area contributed by atoms with Gasteiger partial charge in [0, 0.05) is 49.5 Å². The summed E-state index contributed by atoms with van der Waals surface area (Å²) in [6.07, 6.45) is 5.95. The number of hydrogen-bond acceptors (Lipinski definition) is 7. The molecule has 0 atom stereocenters. The summed E-state index contributed by atoms with van der Waals surface area (Å²) in [6.45, 7) is 10.0. The Labute approximate surface area is 220 Å². The fraction of sp³-hybridized carbons (Fsp3) is 0.407. The fourth-order valence-electron chi connectivity index (χ4n) is 5.31. The molecule has 1 spiro atoms. The van der Waals surface area contributed by atoms with Crippen molar-refractivity contribution in [1.82, 2.24) is 34.7 Å². The molecule has 0 amide bonds. The van der Waals surface area contributed by atoms with Gasteiger partial charge in [0.25, 0.3) is 0 Å². The normalized spacial score (nSPS) is 17.1. The van der Waals surface area contributed by atoms with Crippen molar-refractivity contribution < 1.29 is 4.39 Å². The predicted molar refractivity (Wildman–Crippen MR) is 144 cm³/mol. The molecule has 10 heteroatoms. The van der Waals surface area contributed by atoms with Gasteiger partial charge in [0.05, 0.1) is 22.4 Å². The van der Waals surface area contributed by atoms with E-state index in [1.165, 1.54) is 30.7 Å². The number of halogens is 2. The summed E-state index contributed by atoms with van der Waals surface area (Å²) in [5.74, 6) is 1.32. The van der Waals surface area contributed by atoms with Crippen LogP contribution in [0.15, 0.2) is 36.7 Å². The summed E-state index contributed by atoms with van der Waals surface area (Å²) >= 11 is 6.46. The minimum atomic E-state index is -0.409. The van der Waals surface area contributed by atoms with Gasteiger partial charge in [0.15, 0.2) is 5.82 Å². The van der Waals surface area contributed by atoms with Crippen molar-refractivity contribution in [2.24, 2.45) is 0 Å². The maximum absolute atomic E-state index is 15.0. The lowest BCUT2D eigenvalue weighted by molar-refractivity contribution is 0.182. The van der Waals surface area contributed by atoms with E-state index in [0.717, 1.165) is 32.0 Å². The number of anilines is 2. The highest BCUT2D eigenvalue weighted by Gasteiger charge is 2.45. The molecule has 0 bridgehead atoms. The van der Waals surface area contributed by atoms with Crippen LogP contribution >= 0.6 is 11.6 Å². The van der Waals surface area contributed by atoms with Gasteiger partial charge in [-0.3, -0.25) is 4.90 Å². The third-order valence-electron chi connectivity index (χ3n) is 7.24. The number of rotatable bonds is 6. The van der Waals surface area contributed by atoms with Crippen LogP contribution in [0.1, 0.15) is 44.1 Å². The van der Waals surface area contributed by atoms with Crippen LogP contribution in [0.4, 0.5) is 16.2 Å².